The molecule has 1 saturated heterocycles. The van der Waals surface area contributed by atoms with E-state index in [-0.39, 0.29) is 17.1 Å². The van der Waals surface area contributed by atoms with E-state index >= 15 is 0 Å². The lowest BCUT2D eigenvalue weighted by atomic mass is 9.77. The highest BCUT2D eigenvalue weighted by atomic mass is 16.7. The van der Waals surface area contributed by atoms with Crippen molar-refractivity contribution in [2.75, 3.05) is 20.7 Å². The van der Waals surface area contributed by atoms with Gasteiger partial charge in [-0.25, -0.2) is 0 Å². The molecule has 1 heterocycles. The van der Waals surface area contributed by atoms with Crippen LogP contribution < -0.4 is 10.1 Å². The molecule has 1 aliphatic heterocycles. The minimum atomic E-state index is -0.503. The van der Waals surface area contributed by atoms with Gasteiger partial charge in [0.1, 0.15) is 0 Å². The maximum atomic E-state index is 11.2. The second-order valence-corrected chi connectivity index (χ2v) is 7.12. The molecule has 0 aliphatic carbocycles. The third-order valence-corrected chi connectivity index (χ3v) is 4.76. The highest BCUT2D eigenvalue weighted by Gasteiger charge is 2.52. The van der Waals surface area contributed by atoms with Gasteiger partial charge in [-0.15, -0.1) is 0 Å². The van der Waals surface area contributed by atoms with Crippen LogP contribution in [0.15, 0.2) is 17.6 Å². The van der Waals surface area contributed by atoms with E-state index in [1.165, 1.54) is 7.11 Å². The molecule has 7 heteroatoms. The summed E-state index contributed by atoms with van der Waals surface area (Å²) in [6.45, 7) is 8.54. The van der Waals surface area contributed by atoms with E-state index < -0.39 is 18.3 Å². The molecule has 1 fully saturated rings. The van der Waals surface area contributed by atoms with Crippen molar-refractivity contribution in [3.8, 4) is 11.5 Å². The maximum absolute atomic E-state index is 11.2. The Morgan fingerprint density at radius 3 is 2.36 bits per heavy atom. The minimum Gasteiger partial charge on any atom is -0.504 e. The number of hydrogen-bond donors (Lipinski definition) is 2. The molecular formula is C18H26BNO5. The number of rotatable bonds is 6. The van der Waals surface area contributed by atoms with Crippen molar-refractivity contribution < 1.29 is 23.9 Å². The average molecular weight is 347 g/mol. The van der Waals surface area contributed by atoms with E-state index in [0.717, 1.165) is 11.0 Å². The van der Waals surface area contributed by atoms with Crippen molar-refractivity contribution in [2.24, 2.45) is 0 Å². The Bertz CT molecular complexity index is 668. The maximum Gasteiger partial charge on any atom is 0.491 e. The second kappa shape index (κ2) is 7.19. The monoisotopic (exact) mass is 347 g/mol. The van der Waals surface area contributed by atoms with Gasteiger partial charge in [0, 0.05) is 6.54 Å². The molecule has 0 unspecified atom stereocenters. The fraction of sp³-hybridized carbons (Fsp3) is 0.500. The molecule has 2 rings (SSSR count). The molecular weight excluding hydrogens is 321 g/mol. The smallest absolute Gasteiger partial charge is 0.491 e. The predicted molar refractivity (Wildman–Crippen MR) is 98.0 cm³/mol. The number of carbonyl (C=O) groups is 1. The molecule has 0 saturated carbocycles. The Morgan fingerprint density at radius 1 is 1.28 bits per heavy atom. The molecule has 1 aromatic carbocycles. The number of phenols is 1. The number of phenolic OH excluding ortho intramolecular Hbond substituents is 1. The Morgan fingerprint density at radius 2 is 1.88 bits per heavy atom. The van der Waals surface area contributed by atoms with E-state index in [2.05, 4.69) is 5.32 Å². The van der Waals surface area contributed by atoms with Gasteiger partial charge in [0.15, 0.2) is 17.8 Å². The Hall–Kier alpha value is -1.83. The van der Waals surface area contributed by atoms with Crippen molar-refractivity contribution in [2.45, 2.75) is 38.9 Å². The molecule has 0 radical (unpaired) electrons. The number of aldehydes is 1. The predicted octanol–water partition coefficient (Wildman–Crippen LogP) is 2.45. The lowest BCUT2D eigenvalue weighted by molar-refractivity contribution is 0.00578. The molecule has 1 aromatic rings. The van der Waals surface area contributed by atoms with Crippen LogP contribution in [-0.2, 0) is 9.31 Å². The van der Waals surface area contributed by atoms with E-state index in [1.807, 2.05) is 40.8 Å². The summed E-state index contributed by atoms with van der Waals surface area (Å²) in [4.78, 5) is 11.2. The van der Waals surface area contributed by atoms with Crippen LogP contribution in [0, 0.1) is 0 Å². The molecule has 0 spiro atoms. The highest BCUT2D eigenvalue weighted by Crippen LogP contribution is 2.39. The number of methoxy groups -OCH3 is 1. The zero-order chi connectivity index (χ0) is 18.8. The summed E-state index contributed by atoms with van der Waals surface area (Å²) in [6, 6.07) is 3.27. The zero-order valence-corrected chi connectivity index (χ0v) is 15.7. The number of aromatic hydroxyl groups is 1. The van der Waals surface area contributed by atoms with Crippen molar-refractivity contribution in [3.05, 3.63) is 28.7 Å². The topological polar surface area (TPSA) is 77.0 Å². The Kier molecular flexibility index (Phi) is 5.61. The van der Waals surface area contributed by atoms with Crippen molar-refractivity contribution >= 4 is 19.5 Å². The Balaban J connectivity index is 2.43. The van der Waals surface area contributed by atoms with Gasteiger partial charge in [0.25, 0.3) is 0 Å². The lowest BCUT2D eigenvalue weighted by Gasteiger charge is -2.32. The van der Waals surface area contributed by atoms with Gasteiger partial charge in [-0.2, -0.15) is 0 Å². The average Bonchev–Trinajstić information content (AvgIpc) is 2.76. The van der Waals surface area contributed by atoms with Crippen molar-refractivity contribution in [1.82, 2.24) is 5.32 Å². The number of likely N-dealkylation sites (N-methyl/N-ethyl adjacent to an activating group) is 1. The first-order valence-corrected chi connectivity index (χ1v) is 8.22. The summed E-state index contributed by atoms with van der Waals surface area (Å²) in [5.41, 5.74) is 0.890. The molecule has 0 atom stereocenters. The summed E-state index contributed by atoms with van der Waals surface area (Å²) in [5.74, 6) is 0.0778. The van der Waals surface area contributed by atoms with Crippen LogP contribution in [0.2, 0.25) is 0 Å². The number of benzene rings is 1. The summed E-state index contributed by atoms with van der Waals surface area (Å²) in [7, 11) is 2.78. The number of nitrogens with one attached hydrogen (secondary N) is 1. The number of hydrogen-bond acceptors (Lipinski definition) is 6. The van der Waals surface area contributed by atoms with Gasteiger partial charge in [0.2, 0.25) is 0 Å². The third-order valence-electron chi connectivity index (χ3n) is 4.76. The standard InChI is InChI=1S/C18H26BNO5/c1-17(2)18(3,4)25-19(24-17)14(10-20-5)8-12-7-13(11-21)16(22)15(9-12)23-6/h7-9,11,20,22H,10H2,1-6H3. The van der Waals surface area contributed by atoms with E-state index in [9.17, 15) is 9.90 Å². The number of ether oxygens (including phenoxy) is 1. The molecule has 0 bridgehead atoms. The van der Waals surface area contributed by atoms with Crippen LogP contribution in [0.25, 0.3) is 6.08 Å². The normalized spacial score (nSPS) is 19.1. The molecule has 136 valence electrons. The molecule has 1 aliphatic rings. The Labute approximate surface area is 149 Å². The van der Waals surface area contributed by atoms with Crippen molar-refractivity contribution in [3.63, 3.8) is 0 Å². The van der Waals surface area contributed by atoms with Gasteiger partial charge >= 0.3 is 7.12 Å². The SMILES string of the molecule is CNCC(=Cc1cc(C=O)c(O)c(OC)c1)B1OC(C)(C)C(C)(C)O1. The molecule has 25 heavy (non-hydrogen) atoms. The second-order valence-electron chi connectivity index (χ2n) is 7.12. The largest absolute Gasteiger partial charge is 0.504 e. The molecule has 0 amide bonds. The lowest BCUT2D eigenvalue weighted by Crippen LogP contribution is -2.41. The summed E-state index contributed by atoms with van der Waals surface area (Å²) in [5, 5.41) is 13.1. The van der Waals surface area contributed by atoms with Gasteiger partial charge in [-0.05, 0) is 57.9 Å². The highest BCUT2D eigenvalue weighted by molar-refractivity contribution is 6.55. The van der Waals surface area contributed by atoms with Crippen LogP contribution in [-0.4, -0.2) is 50.4 Å². The first kappa shape index (κ1) is 19.5. The summed E-state index contributed by atoms with van der Waals surface area (Å²) in [6.07, 6.45) is 2.48. The fourth-order valence-electron chi connectivity index (χ4n) is 2.60. The van der Waals surface area contributed by atoms with Crippen LogP contribution >= 0.6 is 0 Å². The van der Waals surface area contributed by atoms with Crippen molar-refractivity contribution in [1.29, 1.82) is 0 Å². The first-order chi connectivity index (χ1) is 11.6. The minimum absolute atomic E-state index is 0.166. The van der Waals surface area contributed by atoms with E-state index in [0.29, 0.717) is 12.8 Å². The quantitative estimate of drug-likeness (QED) is 0.608. The van der Waals surface area contributed by atoms with Crippen LogP contribution in [0.3, 0.4) is 0 Å². The first-order valence-electron chi connectivity index (χ1n) is 8.22. The van der Waals surface area contributed by atoms with Gasteiger partial charge in [-0.1, -0.05) is 6.08 Å². The van der Waals surface area contributed by atoms with Gasteiger partial charge < -0.3 is 24.5 Å². The van der Waals surface area contributed by atoms with Crippen LogP contribution in [0.5, 0.6) is 11.5 Å². The van der Waals surface area contributed by atoms with E-state index in [4.69, 9.17) is 14.0 Å². The molecule has 0 aromatic heterocycles. The number of carbonyl (C=O) groups excluding carboxylic acids is 1. The van der Waals surface area contributed by atoms with Crippen LogP contribution in [0.4, 0.5) is 0 Å². The van der Waals surface area contributed by atoms with E-state index in [1.54, 1.807) is 12.1 Å². The van der Waals surface area contributed by atoms with Gasteiger partial charge in [0.05, 0.1) is 23.9 Å². The zero-order valence-electron chi connectivity index (χ0n) is 15.7. The van der Waals surface area contributed by atoms with Crippen LogP contribution in [0.1, 0.15) is 43.6 Å². The molecule has 6 nitrogen and oxygen atoms in total. The fourth-order valence-corrected chi connectivity index (χ4v) is 2.60. The summed E-state index contributed by atoms with van der Waals surface area (Å²) >= 11 is 0. The van der Waals surface area contributed by atoms with Gasteiger partial charge in [-0.3, -0.25) is 4.79 Å². The summed E-state index contributed by atoms with van der Waals surface area (Å²) < 4.78 is 17.4. The molecule has 2 N–H and O–H groups in total. The third kappa shape index (κ3) is 3.89.